The van der Waals surface area contributed by atoms with Crippen LogP contribution in [0.15, 0.2) is 150 Å². The molecule has 0 aliphatic heterocycles. The summed E-state index contributed by atoms with van der Waals surface area (Å²) in [5, 5.41) is 10.9. The largest absolute Gasteiger partial charge is 3.00 e. The molecule has 0 aliphatic rings. The van der Waals surface area contributed by atoms with Gasteiger partial charge in [-0.05, 0) is 116 Å². The fourth-order valence-corrected chi connectivity index (χ4v) is 8.54. The smallest absolute Gasteiger partial charge is 0.501 e. The molecule has 334 valence electrons. The minimum absolute atomic E-state index is 0. The number of hydrogen-bond acceptors (Lipinski definition) is 5. The molecule has 0 saturated heterocycles. The Morgan fingerprint density at radius 2 is 1.21 bits per heavy atom. The van der Waals surface area contributed by atoms with E-state index < -0.39 is 35.4 Å². The van der Waals surface area contributed by atoms with Crippen molar-refractivity contribution in [2.24, 2.45) is 5.41 Å². The van der Waals surface area contributed by atoms with Gasteiger partial charge >= 0.3 is 20.1 Å². The summed E-state index contributed by atoms with van der Waals surface area (Å²) in [5.74, 6) is 0. The number of benzene rings is 5. The third-order valence-corrected chi connectivity index (χ3v) is 11.9. The number of hydrogen-bond donors (Lipinski definition) is 0. The molecular formula is C61H55IrN4O. The summed E-state index contributed by atoms with van der Waals surface area (Å²) in [5.41, 5.74) is 5.89. The molecule has 0 spiro atoms. The van der Waals surface area contributed by atoms with Gasteiger partial charge in [-0.2, -0.15) is 5.26 Å². The van der Waals surface area contributed by atoms with Gasteiger partial charge in [0.15, 0.2) is 0 Å². The number of furan rings is 1. The number of fused-ring (bicyclic) bond motifs is 3. The van der Waals surface area contributed by atoms with Crippen molar-refractivity contribution in [2.75, 3.05) is 0 Å². The van der Waals surface area contributed by atoms with Crippen molar-refractivity contribution >= 4 is 21.9 Å². The number of aryl methyl sites for hydroxylation is 2. The fraction of sp³-hybridized carbons (Fsp3) is 0.246. The van der Waals surface area contributed by atoms with Crippen LogP contribution in [0.5, 0.6) is 0 Å². The Kier molecular flexibility index (Phi) is 11.2. The van der Waals surface area contributed by atoms with Gasteiger partial charge < -0.3 is 19.4 Å². The van der Waals surface area contributed by atoms with E-state index in [0.717, 1.165) is 44.8 Å². The molecule has 0 amide bonds. The molecule has 0 fully saturated rings. The quantitative estimate of drug-likeness (QED) is 0.108. The van der Waals surface area contributed by atoms with E-state index in [0.29, 0.717) is 34.8 Å². The van der Waals surface area contributed by atoms with Crippen molar-refractivity contribution in [1.82, 2.24) is 15.0 Å². The van der Waals surface area contributed by atoms with E-state index in [1.54, 1.807) is 57.2 Å². The van der Waals surface area contributed by atoms with Crippen LogP contribution in [-0.2, 0) is 62.9 Å². The number of rotatable bonds is 13. The van der Waals surface area contributed by atoms with Gasteiger partial charge in [-0.1, -0.05) is 114 Å². The molecule has 67 heavy (non-hydrogen) atoms. The zero-order chi connectivity index (χ0) is 52.3. The first kappa shape index (κ1) is 38.6. The zero-order valence-electron chi connectivity index (χ0n) is 45.7. The Balaban J connectivity index is 0.00000729. The van der Waals surface area contributed by atoms with Crippen LogP contribution in [-0.4, -0.2) is 15.0 Å². The minimum Gasteiger partial charge on any atom is -0.501 e. The van der Waals surface area contributed by atoms with Crippen molar-refractivity contribution in [3.05, 3.63) is 209 Å². The van der Waals surface area contributed by atoms with E-state index in [4.69, 9.17) is 20.7 Å². The summed E-state index contributed by atoms with van der Waals surface area (Å²) >= 11 is 0. The van der Waals surface area contributed by atoms with Gasteiger partial charge in [-0.3, -0.25) is 0 Å². The topological polar surface area (TPSA) is 75.6 Å². The molecule has 5 nitrogen and oxygen atoms in total. The van der Waals surface area contributed by atoms with E-state index in [1.165, 1.54) is 12.3 Å². The summed E-state index contributed by atoms with van der Waals surface area (Å²) in [7, 11) is 0. The molecule has 9 aromatic rings. The summed E-state index contributed by atoms with van der Waals surface area (Å²) in [6, 6.07) is 48.9. The summed E-state index contributed by atoms with van der Waals surface area (Å²) in [6.45, 7) is 13.6. The average Bonchev–Trinajstić information content (AvgIpc) is 3.76. The molecule has 6 heteroatoms. The van der Waals surface area contributed by atoms with Crippen molar-refractivity contribution < 1.29 is 34.1 Å². The van der Waals surface area contributed by atoms with E-state index in [2.05, 4.69) is 64.1 Å². The molecule has 0 aliphatic carbocycles. The van der Waals surface area contributed by atoms with Gasteiger partial charge in [-0.25, -0.2) is 0 Å². The fourth-order valence-electron chi connectivity index (χ4n) is 8.54. The molecule has 0 radical (unpaired) electrons. The van der Waals surface area contributed by atoms with Crippen LogP contribution in [0.1, 0.15) is 103 Å². The number of nitrogens with zero attached hydrogens (tertiary/aromatic N) is 4. The molecule has 0 N–H and O–H groups in total. The maximum absolute atomic E-state index is 9.95. The number of nitriles is 1. The van der Waals surface area contributed by atoms with Crippen molar-refractivity contribution in [1.29, 1.82) is 5.26 Å². The standard InChI is InChI=1S/C61H55N4O.Ir/c1-59(2,3)36-48-33-56(53-20-14-19-52-51-26-22-42(37-62)32-57(51)66-58(52)53)63-38-47(48)23-21-41-29-43(34-60(4,5)49-24-27-54(64-39-49)45-15-10-8-11-16-45)31-44(30-41)35-61(6,7)50-25-28-55(65-40-50)46-17-12-9-13-18-46;/h8-15,17,19,22,24-33,38-40H,21,23,34-36H2,1-7H3;/q-3;+3/i21D2,23D2,32D,36D2;. The average molecular weight is 1060 g/mol. The summed E-state index contributed by atoms with van der Waals surface area (Å²) in [6.07, 6.45) is -1.88. The van der Waals surface area contributed by atoms with Crippen LogP contribution < -0.4 is 0 Å². The van der Waals surface area contributed by atoms with Crippen LogP contribution in [0.25, 0.3) is 55.7 Å². The Morgan fingerprint density at radius 3 is 1.75 bits per heavy atom. The van der Waals surface area contributed by atoms with Gasteiger partial charge in [0.05, 0.1) is 18.6 Å². The Hall–Kier alpha value is -6.51. The molecule has 0 unspecified atom stereocenters. The molecule has 5 aromatic carbocycles. The van der Waals surface area contributed by atoms with Gasteiger partial charge in [0, 0.05) is 32.2 Å². The molecule has 9 rings (SSSR count). The Morgan fingerprint density at radius 1 is 0.612 bits per heavy atom. The second kappa shape index (κ2) is 19.4. The Labute approximate surface area is 419 Å². The SMILES string of the molecule is [2H]c1c(C#N)ccc2c1oc1c(-c3cc(C([2H])([2H])C(C)(C)C)c(C([2H])([2H])C([2H])([2H])c4cc(CC(C)(C)c5ccc(-c6[c-]cccc6)nc5)cc(CC(C)(C)c5ccc(-c6[c-]cccc6)nc5)c4)cn3)[c-]ccc12.[Ir+3]. The van der Waals surface area contributed by atoms with Gasteiger partial charge in [-0.15, -0.1) is 90.0 Å². The van der Waals surface area contributed by atoms with Gasteiger partial charge in [0.2, 0.25) is 0 Å². The predicted molar refractivity (Wildman–Crippen MR) is 268 cm³/mol. The molecule has 0 bridgehead atoms. The monoisotopic (exact) mass is 1060 g/mol. The maximum Gasteiger partial charge on any atom is 3.00 e. The Bertz CT molecular complexity index is 3430. The zero-order valence-corrected chi connectivity index (χ0v) is 41.1. The van der Waals surface area contributed by atoms with Gasteiger partial charge in [0.1, 0.15) is 5.58 Å². The predicted octanol–water partition coefficient (Wildman–Crippen LogP) is 14.5. The van der Waals surface area contributed by atoms with Crippen LogP contribution in [0, 0.1) is 34.9 Å². The van der Waals surface area contributed by atoms with Crippen LogP contribution in [0.2, 0.25) is 0 Å². The number of pyridine rings is 3. The van der Waals surface area contributed by atoms with E-state index >= 15 is 0 Å². The van der Waals surface area contributed by atoms with Crippen molar-refractivity contribution in [3.8, 4) is 39.8 Å². The van der Waals surface area contributed by atoms with Crippen LogP contribution >= 0.6 is 0 Å². The van der Waals surface area contributed by atoms with Gasteiger partial charge in [0.25, 0.3) is 0 Å². The molecular weight excluding hydrogens is 997 g/mol. The first-order valence-corrected chi connectivity index (χ1v) is 22.2. The first-order valence-electron chi connectivity index (χ1n) is 25.7. The van der Waals surface area contributed by atoms with E-state index in [-0.39, 0.29) is 59.7 Å². The third kappa shape index (κ3) is 10.7. The molecule has 0 atom stereocenters. The molecule has 4 heterocycles. The van der Waals surface area contributed by atoms with E-state index in [1.807, 2.05) is 79.1 Å². The normalized spacial score (nSPS) is 14.1. The maximum atomic E-state index is 9.95. The van der Waals surface area contributed by atoms with E-state index in [9.17, 15) is 13.5 Å². The minimum atomic E-state index is -2.85. The second-order valence-electron chi connectivity index (χ2n) is 19.2. The van der Waals surface area contributed by atoms with Crippen molar-refractivity contribution in [3.63, 3.8) is 0 Å². The second-order valence-corrected chi connectivity index (χ2v) is 19.2. The van der Waals surface area contributed by atoms with Crippen LogP contribution in [0.4, 0.5) is 0 Å². The summed E-state index contributed by atoms with van der Waals surface area (Å²) < 4.78 is 73.9. The summed E-state index contributed by atoms with van der Waals surface area (Å²) in [4.78, 5) is 14.3. The first-order chi connectivity index (χ1) is 34.4. The molecule has 0 saturated carbocycles. The number of aromatic nitrogens is 3. The van der Waals surface area contributed by atoms with Crippen LogP contribution in [0.3, 0.4) is 0 Å². The molecule has 4 aromatic heterocycles. The van der Waals surface area contributed by atoms with Crippen molar-refractivity contribution in [2.45, 2.75) is 91.3 Å². The third-order valence-electron chi connectivity index (χ3n) is 11.9.